The van der Waals surface area contributed by atoms with Gasteiger partial charge in [-0.3, -0.25) is 0 Å². The van der Waals surface area contributed by atoms with Gasteiger partial charge >= 0.3 is 0 Å². The normalized spacial score (nSPS) is 12.3. The van der Waals surface area contributed by atoms with Crippen molar-refractivity contribution in [2.45, 2.75) is 12.3 Å². The van der Waals surface area contributed by atoms with Crippen LogP contribution < -0.4 is 9.47 Å². The summed E-state index contributed by atoms with van der Waals surface area (Å²) in [6, 6.07) is 5.90. The van der Waals surface area contributed by atoms with Crippen LogP contribution in [0.25, 0.3) is 0 Å². The van der Waals surface area contributed by atoms with Crippen LogP contribution >= 0.6 is 38.9 Å². The van der Waals surface area contributed by atoms with Crippen molar-refractivity contribution < 1.29 is 9.47 Å². The maximum atomic E-state index is 6.60. The molecule has 1 aromatic carbocycles. The van der Waals surface area contributed by atoms with Crippen LogP contribution in [-0.4, -0.2) is 14.2 Å². The molecule has 0 radical (unpaired) electrons. The Morgan fingerprint density at radius 1 is 1.21 bits per heavy atom. The molecule has 0 aliphatic carbocycles. The molecule has 0 N–H and O–H groups in total. The Labute approximate surface area is 130 Å². The van der Waals surface area contributed by atoms with Gasteiger partial charge in [0.25, 0.3) is 0 Å². The first kappa shape index (κ1) is 14.7. The number of aryl methyl sites for hydroxylation is 1. The molecule has 2 rings (SSSR count). The van der Waals surface area contributed by atoms with Crippen molar-refractivity contribution in [2.75, 3.05) is 14.2 Å². The first-order valence-corrected chi connectivity index (χ1v) is 7.79. The summed E-state index contributed by atoms with van der Waals surface area (Å²) >= 11 is 11.7. The average molecular weight is 362 g/mol. The lowest BCUT2D eigenvalue weighted by molar-refractivity contribution is 0.386. The molecule has 5 heteroatoms. The lowest BCUT2D eigenvalue weighted by Crippen LogP contribution is -1.99. The molecule has 0 bridgehead atoms. The van der Waals surface area contributed by atoms with E-state index in [0.29, 0.717) is 5.75 Å². The van der Waals surface area contributed by atoms with E-state index in [2.05, 4.69) is 28.9 Å². The van der Waals surface area contributed by atoms with Crippen LogP contribution in [0.5, 0.6) is 11.5 Å². The molecule has 0 spiro atoms. The molecule has 1 aromatic heterocycles. The molecule has 0 saturated heterocycles. The van der Waals surface area contributed by atoms with Crippen molar-refractivity contribution in [1.29, 1.82) is 0 Å². The van der Waals surface area contributed by atoms with Gasteiger partial charge in [0.2, 0.25) is 0 Å². The van der Waals surface area contributed by atoms with Crippen molar-refractivity contribution in [3.05, 3.63) is 44.1 Å². The van der Waals surface area contributed by atoms with Crippen LogP contribution in [0.2, 0.25) is 0 Å². The van der Waals surface area contributed by atoms with Gasteiger partial charge < -0.3 is 9.47 Å². The van der Waals surface area contributed by atoms with Crippen LogP contribution in [-0.2, 0) is 0 Å². The zero-order valence-electron chi connectivity index (χ0n) is 10.9. The Hall–Kier alpha value is -0.710. The van der Waals surface area contributed by atoms with Crippen LogP contribution in [0.4, 0.5) is 0 Å². The van der Waals surface area contributed by atoms with Crippen LogP contribution in [0, 0.1) is 6.92 Å². The number of benzene rings is 1. The largest absolute Gasteiger partial charge is 0.495 e. The van der Waals surface area contributed by atoms with Crippen LogP contribution in [0.1, 0.15) is 21.4 Å². The second kappa shape index (κ2) is 6.16. The van der Waals surface area contributed by atoms with Gasteiger partial charge in [0.15, 0.2) is 0 Å². The third-order valence-corrected chi connectivity index (χ3v) is 5.34. The van der Waals surface area contributed by atoms with E-state index >= 15 is 0 Å². The summed E-state index contributed by atoms with van der Waals surface area (Å²) in [7, 11) is 3.26. The molecule has 0 amide bonds. The van der Waals surface area contributed by atoms with Crippen molar-refractivity contribution in [2.24, 2.45) is 0 Å². The minimum absolute atomic E-state index is 0.225. The number of thiophene rings is 1. The SMILES string of the molecule is COc1ccc(C(Cl)c2sccc2C)c(OC)c1Br. The van der Waals surface area contributed by atoms with Crippen molar-refractivity contribution in [3.63, 3.8) is 0 Å². The smallest absolute Gasteiger partial charge is 0.141 e. The third kappa shape index (κ3) is 2.76. The Morgan fingerprint density at radius 2 is 1.95 bits per heavy atom. The maximum Gasteiger partial charge on any atom is 0.141 e. The Bertz CT molecular complexity index is 583. The summed E-state index contributed by atoms with van der Waals surface area (Å²) in [5.41, 5.74) is 2.13. The molecule has 2 nitrogen and oxygen atoms in total. The van der Waals surface area contributed by atoms with Gasteiger partial charge in [-0.05, 0) is 52.0 Å². The van der Waals surface area contributed by atoms with Gasteiger partial charge in [-0.15, -0.1) is 22.9 Å². The van der Waals surface area contributed by atoms with Gasteiger partial charge in [0.1, 0.15) is 16.0 Å². The summed E-state index contributed by atoms with van der Waals surface area (Å²) in [6.45, 7) is 2.06. The number of hydrogen-bond donors (Lipinski definition) is 0. The highest BCUT2D eigenvalue weighted by molar-refractivity contribution is 9.10. The predicted octanol–water partition coefficient (Wildman–Crippen LogP) is 5.16. The first-order chi connectivity index (χ1) is 9.10. The van der Waals surface area contributed by atoms with E-state index in [9.17, 15) is 0 Å². The maximum absolute atomic E-state index is 6.60. The fourth-order valence-corrected chi connectivity index (χ4v) is 4.01. The lowest BCUT2D eigenvalue weighted by atomic mass is 10.1. The monoisotopic (exact) mass is 360 g/mol. The van der Waals surface area contributed by atoms with Crippen molar-refractivity contribution in [1.82, 2.24) is 0 Å². The summed E-state index contributed by atoms with van der Waals surface area (Å²) in [6.07, 6.45) is 0. The molecule has 0 aliphatic heterocycles. The fourth-order valence-electron chi connectivity index (χ4n) is 1.90. The van der Waals surface area contributed by atoms with E-state index < -0.39 is 0 Å². The standard InChI is InChI=1S/C14H14BrClO2S/c1-8-6-7-19-14(8)12(16)9-4-5-10(17-2)11(15)13(9)18-3/h4-7,12H,1-3H3. The number of rotatable bonds is 4. The second-order valence-electron chi connectivity index (χ2n) is 4.03. The van der Waals surface area contributed by atoms with E-state index in [4.69, 9.17) is 21.1 Å². The summed E-state index contributed by atoms with van der Waals surface area (Å²) in [4.78, 5) is 1.14. The summed E-state index contributed by atoms with van der Waals surface area (Å²) in [5.74, 6) is 1.44. The quantitative estimate of drug-likeness (QED) is 0.700. The molecule has 1 heterocycles. The average Bonchev–Trinajstić information content (AvgIpc) is 2.83. The van der Waals surface area contributed by atoms with Gasteiger partial charge in [0.05, 0.1) is 19.6 Å². The highest BCUT2D eigenvalue weighted by atomic mass is 79.9. The predicted molar refractivity (Wildman–Crippen MR) is 84.0 cm³/mol. The van der Waals surface area contributed by atoms with Gasteiger partial charge in [-0.1, -0.05) is 0 Å². The van der Waals surface area contributed by atoms with Gasteiger partial charge in [-0.2, -0.15) is 0 Å². The van der Waals surface area contributed by atoms with E-state index in [1.54, 1.807) is 25.6 Å². The minimum Gasteiger partial charge on any atom is -0.495 e. The summed E-state index contributed by atoms with van der Waals surface area (Å²) in [5, 5.41) is 1.82. The number of ether oxygens (including phenoxy) is 2. The molecule has 102 valence electrons. The number of alkyl halides is 1. The van der Waals surface area contributed by atoms with E-state index in [1.807, 2.05) is 17.5 Å². The highest BCUT2D eigenvalue weighted by Crippen LogP contribution is 2.45. The molecule has 0 aliphatic rings. The van der Waals surface area contributed by atoms with E-state index in [-0.39, 0.29) is 5.38 Å². The molecule has 1 unspecified atom stereocenters. The molecular weight excluding hydrogens is 348 g/mol. The van der Waals surface area contributed by atoms with Crippen LogP contribution in [0.15, 0.2) is 28.1 Å². The summed E-state index contributed by atoms with van der Waals surface area (Å²) < 4.78 is 11.5. The Balaban J connectivity index is 2.51. The molecule has 0 fully saturated rings. The highest BCUT2D eigenvalue weighted by Gasteiger charge is 2.22. The third-order valence-electron chi connectivity index (χ3n) is 2.92. The molecule has 2 aromatic rings. The van der Waals surface area contributed by atoms with Crippen molar-refractivity contribution in [3.8, 4) is 11.5 Å². The van der Waals surface area contributed by atoms with E-state index in [1.165, 1.54) is 5.56 Å². The molecule has 0 saturated carbocycles. The van der Waals surface area contributed by atoms with Gasteiger partial charge in [0, 0.05) is 10.4 Å². The lowest BCUT2D eigenvalue weighted by Gasteiger charge is -2.17. The Kier molecular flexibility index (Phi) is 4.76. The molecule has 1 atom stereocenters. The number of methoxy groups -OCH3 is 2. The minimum atomic E-state index is -0.225. The molecule has 19 heavy (non-hydrogen) atoms. The number of halogens is 2. The second-order valence-corrected chi connectivity index (χ2v) is 6.21. The molecular formula is C14H14BrClO2S. The van der Waals surface area contributed by atoms with Gasteiger partial charge in [-0.25, -0.2) is 0 Å². The Morgan fingerprint density at radius 3 is 2.47 bits per heavy atom. The first-order valence-electron chi connectivity index (χ1n) is 5.68. The zero-order valence-corrected chi connectivity index (χ0v) is 14.0. The van der Waals surface area contributed by atoms with Crippen LogP contribution in [0.3, 0.4) is 0 Å². The topological polar surface area (TPSA) is 18.5 Å². The van der Waals surface area contributed by atoms with E-state index in [0.717, 1.165) is 20.7 Å². The van der Waals surface area contributed by atoms with Crippen molar-refractivity contribution >= 4 is 38.9 Å². The zero-order chi connectivity index (χ0) is 14.0. The number of hydrogen-bond acceptors (Lipinski definition) is 3. The fraction of sp³-hybridized carbons (Fsp3) is 0.286.